The van der Waals surface area contributed by atoms with Gasteiger partial charge in [-0.05, 0) is 73.6 Å². The van der Waals surface area contributed by atoms with Gasteiger partial charge in [0.25, 0.3) is 5.91 Å². The molecule has 8 nitrogen and oxygen atoms in total. The minimum atomic E-state index is -0.255. The van der Waals surface area contributed by atoms with E-state index in [1.165, 1.54) is 17.7 Å². The van der Waals surface area contributed by atoms with Gasteiger partial charge in [0, 0.05) is 24.5 Å². The van der Waals surface area contributed by atoms with Crippen molar-refractivity contribution in [3.63, 3.8) is 0 Å². The number of hydrogen-bond acceptors (Lipinski definition) is 7. The largest absolute Gasteiger partial charge is 0.496 e. The summed E-state index contributed by atoms with van der Waals surface area (Å²) in [5.74, 6) is 1.51. The van der Waals surface area contributed by atoms with E-state index in [9.17, 15) is 9.59 Å². The molecule has 212 valence electrons. The van der Waals surface area contributed by atoms with Crippen LogP contribution in [-0.4, -0.2) is 86.6 Å². The number of rotatable bonds is 11. The Hall–Kier alpha value is -3.56. The van der Waals surface area contributed by atoms with Crippen LogP contribution >= 0.6 is 11.3 Å². The smallest absolute Gasteiger partial charge is 0.258 e. The fourth-order valence-electron chi connectivity index (χ4n) is 5.55. The van der Waals surface area contributed by atoms with Crippen molar-refractivity contribution in [1.29, 1.82) is 0 Å². The number of fused-ring (bicyclic) bond motifs is 1. The molecule has 2 amide bonds. The van der Waals surface area contributed by atoms with Gasteiger partial charge in [-0.25, -0.2) is 0 Å². The summed E-state index contributed by atoms with van der Waals surface area (Å²) in [7, 11) is 3.18. The number of ether oxygens (including phenoxy) is 3. The molecule has 0 N–H and O–H groups in total. The molecule has 1 aromatic heterocycles. The molecule has 1 fully saturated rings. The number of benzene rings is 2. The second kappa shape index (κ2) is 13.2. The molecule has 1 saturated heterocycles. The van der Waals surface area contributed by atoms with Gasteiger partial charge >= 0.3 is 0 Å². The number of likely N-dealkylation sites (tertiary alicyclic amines) is 1. The average Bonchev–Trinajstić information content (AvgIpc) is 3.70. The van der Waals surface area contributed by atoms with Crippen LogP contribution in [0.2, 0.25) is 0 Å². The molecule has 0 unspecified atom stereocenters. The molecular formula is C31H37N3O5S. The molecule has 0 spiro atoms. The van der Waals surface area contributed by atoms with Gasteiger partial charge in [-0.1, -0.05) is 24.3 Å². The highest BCUT2D eigenvalue weighted by Gasteiger charge is 2.34. The van der Waals surface area contributed by atoms with E-state index in [0.29, 0.717) is 42.5 Å². The Bertz CT molecular complexity index is 1310. The second-order valence-electron chi connectivity index (χ2n) is 10.1. The molecule has 9 heteroatoms. The lowest BCUT2D eigenvalue weighted by molar-refractivity contribution is -0.135. The van der Waals surface area contributed by atoms with Crippen LogP contribution in [0, 0.1) is 0 Å². The van der Waals surface area contributed by atoms with Crippen molar-refractivity contribution in [3.8, 4) is 17.2 Å². The Morgan fingerprint density at radius 3 is 2.38 bits per heavy atom. The van der Waals surface area contributed by atoms with E-state index in [2.05, 4.69) is 16.3 Å². The molecule has 2 aromatic carbocycles. The fraction of sp³-hybridized carbons (Fsp3) is 0.419. The molecule has 0 aliphatic carbocycles. The predicted octanol–water partition coefficient (Wildman–Crippen LogP) is 4.51. The Balaban J connectivity index is 1.36. The van der Waals surface area contributed by atoms with E-state index in [-0.39, 0.29) is 24.4 Å². The molecule has 0 bridgehead atoms. The van der Waals surface area contributed by atoms with Crippen molar-refractivity contribution in [2.24, 2.45) is 0 Å². The summed E-state index contributed by atoms with van der Waals surface area (Å²) in [6.45, 7) is 4.14. The number of methoxy groups -OCH3 is 2. The van der Waals surface area contributed by atoms with Gasteiger partial charge in [0.15, 0.2) is 11.5 Å². The second-order valence-corrected chi connectivity index (χ2v) is 11.1. The third-order valence-corrected chi connectivity index (χ3v) is 8.71. The summed E-state index contributed by atoms with van der Waals surface area (Å²) >= 11 is 1.71. The first-order chi connectivity index (χ1) is 19.6. The molecule has 0 radical (unpaired) electrons. The summed E-state index contributed by atoms with van der Waals surface area (Å²) in [4.78, 5) is 35.0. The van der Waals surface area contributed by atoms with Crippen LogP contribution in [0.4, 0.5) is 0 Å². The predicted molar refractivity (Wildman–Crippen MR) is 156 cm³/mol. The van der Waals surface area contributed by atoms with Crippen molar-refractivity contribution in [1.82, 2.24) is 14.7 Å². The van der Waals surface area contributed by atoms with E-state index in [1.807, 2.05) is 41.3 Å². The number of hydrogen-bond donors (Lipinski definition) is 0. The highest BCUT2D eigenvalue weighted by atomic mass is 32.1. The van der Waals surface area contributed by atoms with Gasteiger partial charge in [-0.2, -0.15) is 0 Å². The standard InChI is InChI=1S/C31H37N3O5S/c1-37-26-10-4-3-9-24(26)31(36)33(19-18-32-15-7-8-16-32)21-30(35)34-17-13-29-23(14-20-40-29)25(34)22-39-28-12-6-5-11-27(28)38-2/h3-6,9-12,14,20,25H,7-8,13,15-19,21-22H2,1-2H3/t25-/m0/s1. The van der Waals surface area contributed by atoms with Crippen LogP contribution in [-0.2, 0) is 11.2 Å². The van der Waals surface area contributed by atoms with Crippen LogP contribution in [0.15, 0.2) is 60.0 Å². The fourth-order valence-corrected chi connectivity index (χ4v) is 6.48. The molecule has 5 rings (SSSR count). The molecule has 40 heavy (non-hydrogen) atoms. The Morgan fingerprint density at radius 1 is 0.925 bits per heavy atom. The number of carbonyl (C=O) groups is 2. The molecule has 1 atom stereocenters. The number of para-hydroxylation sites is 3. The normalized spacial score (nSPS) is 16.9. The van der Waals surface area contributed by atoms with Crippen molar-refractivity contribution in [2.45, 2.75) is 25.3 Å². The molecule has 2 aliphatic rings. The average molecular weight is 564 g/mol. The summed E-state index contributed by atoms with van der Waals surface area (Å²) in [5.41, 5.74) is 1.58. The topological polar surface area (TPSA) is 71.6 Å². The van der Waals surface area contributed by atoms with Gasteiger partial charge in [-0.15, -0.1) is 11.3 Å². The lowest BCUT2D eigenvalue weighted by Gasteiger charge is -2.37. The van der Waals surface area contributed by atoms with E-state index in [1.54, 1.807) is 42.6 Å². The van der Waals surface area contributed by atoms with Crippen molar-refractivity contribution >= 4 is 23.2 Å². The minimum Gasteiger partial charge on any atom is -0.496 e. The molecule has 0 saturated carbocycles. The first kappa shape index (κ1) is 28.0. The molecular weight excluding hydrogens is 526 g/mol. The molecule has 3 aromatic rings. The summed E-state index contributed by atoms with van der Waals surface area (Å²) < 4.78 is 17.2. The number of carbonyl (C=O) groups excluding carboxylic acids is 2. The van der Waals surface area contributed by atoms with Crippen molar-refractivity contribution < 1.29 is 23.8 Å². The van der Waals surface area contributed by atoms with E-state index in [4.69, 9.17) is 14.2 Å². The monoisotopic (exact) mass is 563 g/mol. The first-order valence-electron chi connectivity index (χ1n) is 13.8. The maximum absolute atomic E-state index is 14.0. The highest BCUT2D eigenvalue weighted by Crippen LogP contribution is 2.35. The van der Waals surface area contributed by atoms with Gasteiger partial charge in [0.2, 0.25) is 5.91 Å². The zero-order valence-corrected chi connectivity index (χ0v) is 24.0. The van der Waals surface area contributed by atoms with Crippen LogP contribution in [0.5, 0.6) is 17.2 Å². The quantitative estimate of drug-likeness (QED) is 0.342. The van der Waals surface area contributed by atoms with Gasteiger partial charge in [0.1, 0.15) is 18.9 Å². The lowest BCUT2D eigenvalue weighted by atomic mass is 10.0. The van der Waals surface area contributed by atoms with Crippen LogP contribution in [0.1, 0.15) is 39.7 Å². The Kier molecular flexibility index (Phi) is 9.23. The van der Waals surface area contributed by atoms with Crippen molar-refractivity contribution in [3.05, 3.63) is 76.0 Å². The van der Waals surface area contributed by atoms with E-state index in [0.717, 1.165) is 31.6 Å². The maximum Gasteiger partial charge on any atom is 0.258 e. The molecule has 2 aliphatic heterocycles. The Morgan fingerprint density at radius 2 is 1.62 bits per heavy atom. The van der Waals surface area contributed by atoms with Crippen LogP contribution in [0.3, 0.4) is 0 Å². The minimum absolute atomic E-state index is 0.00461. The third-order valence-electron chi connectivity index (χ3n) is 7.72. The van der Waals surface area contributed by atoms with Crippen LogP contribution in [0.25, 0.3) is 0 Å². The third kappa shape index (κ3) is 6.26. The maximum atomic E-state index is 14.0. The van der Waals surface area contributed by atoms with E-state index >= 15 is 0 Å². The number of thiophene rings is 1. The van der Waals surface area contributed by atoms with E-state index < -0.39 is 0 Å². The summed E-state index contributed by atoms with van der Waals surface area (Å²) in [6.07, 6.45) is 3.13. The van der Waals surface area contributed by atoms with Gasteiger partial charge < -0.3 is 28.9 Å². The number of nitrogens with zero attached hydrogens (tertiary/aromatic N) is 3. The van der Waals surface area contributed by atoms with Crippen molar-refractivity contribution in [2.75, 3.05) is 60.1 Å². The zero-order valence-electron chi connectivity index (χ0n) is 23.2. The molecule has 3 heterocycles. The van der Waals surface area contributed by atoms with Crippen LogP contribution < -0.4 is 14.2 Å². The lowest BCUT2D eigenvalue weighted by Crippen LogP contribution is -2.49. The van der Waals surface area contributed by atoms with Gasteiger partial charge in [0.05, 0.1) is 25.8 Å². The van der Waals surface area contributed by atoms with Gasteiger partial charge in [-0.3, -0.25) is 9.59 Å². The number of amides is 2. The highest BCUT2D eigenvalue weighted by molar-refractivity contribution is 7.10. The summed E-state index contributed by atoms with van der Waals surface area (Å²) in [6, 6.07) is 16.6. The zero-order chi connectivity index (χ0) is 27.9. The summed E-state index contributed by atoms with van der Waals surface area (Å²) in [5, 5.41) is 2.07. The SMILES string of the molecule is COc1ccccc1OC[C@H]1c2ccsc2CCN1C(=O)CN(CCN1CCCC1)C(=O)c1ccccc1OC. The first-order valence-corrected chi connectivity index (χ1v) is 14.7. The Labute approximate surface area is 240 Å².